The number of benzene rings is 1. The molecule has 1 aromatic carbocycles. The van der Waals surface area contributed by atoms with Gasteiger partial charge in [0.1, 0.15) is 5.76 Å². The van der Waals surface area contributed by atoms with Gasteiger partial charge in [-0.05, 0) is 38.9 Å². The van der Waals surface area contributed by atoms with Crippen molar-refractivity contribution in [1.82, 2.24) is 5.32 Å². The van der Waals surface area contributed by atoms with E-state index in [1.165, 1.54) is 6.07 Å². The van der Waals surface area contributed by atoms with Gasteiger partial charge in [0, 0.05) is 18.6 Å². The van der Waals surface area contributed by atoms with Crippen molar-refractivity contribution in [2.75, 3.05) is 20.3 Å². The molecular formula is C15H20FNO2. The third-order valence-electron chi connectivity index (χ3n) is 3.19. The van der Waals surface area contributed by atoms with Crippen LogP contribution in [-0.4, -0.2) is 20.3 Å². The summed E-state index contributed by atoms with van der Waals surface area (Å²) in [6.45, 7) is 3.46. The van der Waals surface area contributed by atoms with Crippen LogP contribution in [0.2, 0.25) is 0 Å². The number of hydrogen-bond acceptors (Lipinski definition) is 3. The van der Waals surface area contributed by atoms with Crippen molar-refractivity contribution in [3.05, 3.63) is 35.8 Å². The number of fused-ring (bicyclic) bond motifs is 1. The van der Waals surface area contributed by atoms with Gasteiger partial charge in [0.15, 0.2) is 11.4 Å². The third kappa shape index (κ3) is 3.33. The molecule has 1 heterocycles. The lowest BCUT2D eigenvalue weighted by molar-refractivity contribution is 0.140. The molecule has 4 heteroatoms. The molecule has 1 atom stereocenters. The maximum Gasteiger partial charge on any atom is 0.169 e. The van der Waals surface area contributed by atoms with Crippen LogP contribution in [0.1, 0.15) is 31.6 Å². The molecule has 3 nitrogen and oxygen atoms in total. The molecule has 1 unspecified atom stereocenters. The van der Waals surface area contributed by atoms with Crippen LogP contribution in [0.15, 0.2) is 28.7 Å². The Labute approximate surface area is 112 Å². The quantitative estimate of drug-likeness (QED) is 0.776. The maximum absolute atomic E-state index is 13.6. The number of ether oxygens (including phenoxy) is 1. The molecule has 104 valence electrons. The van der Waals surface area contributed by atoms with E-state index in [1.807, 2.05) is 26.1 Å². The normalized spacial score (nSPS) is 13.0. The fraction of sp³-hybridized carbons (Fsp3) is 0.467. The van der Waals surface area contributed by atoms with Gasteiger partial charge < -0.3 is 14.5 Å². The first-order chi connectivity index (χ1) is 9.26. The smallest absolute Gasteiger partial charge is 0.169 e. The fourth-order valence-electron chi connectivity index (χ4n) is 2.18. The van der Waals surface area contributed by atoms with E-state index in [0.29, 0.717) is 5.58 Å². The van der Waals surface area contributed by atoms with Crippen LogP contribution in [0.4, 0.5) is 4.39 Å². The predicted octanol–water partition coefficient (Wildman–Crippen LogP) is 3.65. The minimum Gasteiger partial charge on any atom is -0.456 e. The van der Waals surface area contributed by atoms with E-state index in [4.69, 9.17) is 9.15 Å². The summed E-state index contributed by atoms with van der Waals surface area (Å²) in [5, 5.41) is 4.01. The molecule has 0 aliphatic carbocycles. The van der Waals surface area contributed by atoms with E-state index >= 15 is 0 Å². The Morgan fingerprint density at radius 2 is 2.26 bits per heavy atom. The maximum atomic E-state index is 13.6. The highest BCUT2D eigenvalue weighted by molar-refractivity contribution is 5.78. The predicted molar refractivity (Wildman–Crippen MR) is 73.7 cm³/mol. The molecule has 0 saturated heterocycles. The molecule has 2 rings (SSSR count). The van der Waals surface area contributed by atoms with Crippen molar-refractivity contribution < 1.29 is 13.5 Å². The average molecular weight is 265 g/mol. The Hall–Kier alpha value is -1.39. The van der Waals surface area contributed by atoms with Crippen LogP contribution < -0.4 is 5.32 Å². The number of para-hydroxylation sites is 1. The molecule has 19 heavy (non-hydrogen) atoms. The molecule has 0 spiro atoms. The van der Waals surface area contributed by atoms with Gasteiger partial charge in [0.05, 0.1) is 6.04 Å². The number of halogens is 1. The largest absolute Gasteiger partial charge is 0.456 e. The summed E-state index contributed by atoms with van der Waals surface area (Å²) in [5.41, 5.74) is 0.336. The second-order valence-electron chi connectivity index (χ2n) is 4.49. The molecule has 2 aromatic rings. The first kappa shape index (κ1) is 14.0. The topological polar surface area (TPSA) is 34.4 Å². The van der Waals surface area contributed by atoms with Crippen LogP contribution in [0, 0.1) is 5.82 Å². The summed E-state index contributed by atoms with van der Waals surface area (Å²) >= 11 is 0. The highest BCUT2D eigenvalue weighted by atomic mass is 19.1. The van der Waals surface area contributed by atoms with E-state index in [1.54, 1.807) is 6.07 Å². The molecule has 0 amide bonds. The summed E-state index contributed by atoms with van der Waals surface area (Å²) in [7, 11) is 1.88. The van der Waals surface area contributed by atoms with Gasteiger partial charge in [-0.15, -0.1) is 0 Å². The molecule has 0 fully saturated rings. The van der Waals surface area contributed by atoms with Crippen LogP contribution >= 0.6 is 0 Å². The molecule has 1 N–H and O–H groups in total. The van der Waals surface area contributed by atoms with Crippen molar-refractivity contribution in [2.45, 2.75) is 25.8 Å². The molecule has 0 radical (unpaired) electrons. The minimum absolute atomic E-state index is 0.0901. The summed E-state index contributed by atoms with van der Waals surface area (Å²) in [5.74, 6) is 0.465. The standard InChI is InChI=1S/C15H20FNO2/c1-3-18-9-5-8-13(17-2)14-10-11-6-4-7-12(16)15(11)19-14/h4,6-7,10,13,17H,3,5,8-9H2,1-2H3. The zero-order chi connectivity index (χ0) is 13.7. The van der Waals surface area contributed by atoms with Crippen LogP contribution in [0.3, 0.4) is 0 Å². The van der Waals surface area contributed by atoms with Gasteiger partial charge in [-0.1, -0.05) is 12.1 Å². The highest BCUT2D eigenvalue weighted by Crippen LogP contribution is 2.27. The van der Waals surface area contributed by atoms with Crippen molar-refractivity contribution in [1.29, 1.82) is 0 Å². The minimum atomic E-state index is -0.312. The summed E-state index contributed by atoms with van der Waals surface area (Å²) in [6, 6.07) is 6.96. The van der Waals surface area contributed by atoms with Crippen molar-refractivity contribution in [2.24, 2.45) is 0 Å². The van der Waals surface area contributed by atoms with Crippen molar-refractivity contribution in [3.8, 4) is 0 Å². The monoisotopic (exact) mass is 265 g/mol. The third-order valence-corrected chi connectivity index (χ3v) is 3.19. The van der Waals surface area contributed by atoms with Gasteiger partial charge in [-0.25, -0.2) is 4.39 Å². The number of nitrogens with one attached hydrogen (secondary N) is 1. The molecule has 0 saturated carbocycles. The molecule has 0 aliphatic rings. The molecule has 0 aliphatic heterocycles. The Bertz CT molecular complexity index is 524. The lowest BCUT2D eigenvalue weighted by Crippen LogP contribution is -2.16. The number of rotatable bonds is 7. The Morgan fingerprint density at radius 1 is 1.42 bits per heavy atom. The van der Waals surface area contributed by atoms with E-state index in [2.05, 4.69) is 5.32 Å². The second kappa shape index (κ2) is 6.68. The Morgan fingerprint density at radius 3 is 2.95 bits per heavy atom. The first-order valence-corrected chi connectivity index (χ1v) is 6.69. The zero-order valence-electron chi connectivity index (χ0n) is 11.4. The molecular weight excluding hydrogens is 245 g/mol. The Balaban J connectivity index is 2.10. The molecule has 0 bridgehead atoms. The summed E-state index contributed by atoms with van der Waals surface area (Å²) in [4.78, 5) is 0. The Kier molecular flexibility index (Phi) is 4.93. The van der Waals surface area contributed by atoms with Crippen molar-refractivity contribution in [3.63, 3.8) is 0 Å². The SMILES string of the molecule is CCOCCCC(NC)c1cc2cccc(F)c2o1. The lowest BCUT2D eigenvalue weighted by atomic mass is 10.1. The summed E-state index contributed by atoms with van der Waals surface area (Å²) in [6.07, 6.45) is 1.84. The van der Waals surface area contributed by atoms with Gasteiger partial charge in [0.25, 0.3) is 0 Å². The van der Waals surface area contributed by atoms with Crippen LogP contribution in [0.25, 0.3) is 11.0 Å². The van der Waals surface area contributed by atoms with Crippen LogP contribution in [0.5, 0.6) is 0 Å². The second-order valence-corrected chi connectivity index (χ2v) is 4.49. The van der Waals surface area contributed by atoms with Gasteiger partial charge in [0.2, 0.25) is 0 Å². The summed E-state index contributed by atoms with van der Waals surface area (Å²) < 4.78 is 24.5. The van der Waals surface area contributed by atoms with E-state index in [0.717, 1.165) is 37.2 Å². The van der Waals surface area contributed by atoms with Gasteiger partial charge in [-0.3, -0.25) is 0 Å². The number of hydrogen-bond donors (Lipinski definition) is 1. The van der Waals surface area contributed by atoms with E-state index < -0.39 is 0 Å². The highest BCUT2D eigenvalue weighted by Gasteiger charge is 2.15. The van der Waals surface area contributed by atoms with E-state index in [-0.39, 0.29) is 11.9 Å². The van der Waals surface area contributed by atoms with Gasteiger partial charge >= 0.3 is 0 Å². The first-order valence-electron chi connectivity index (χ1n) is 6.69. The average Bonchev–Trinajstić information content (AvgIpc) is 2.84. The zero-order valence-corrected chi connectivity index (χ0v) is 11.4. The fourth-order valence-corrected chi connectivity index (χ4v) is 2.18. The lowest BCUT2D eigenvalue weighted by Gasteiger charge is -2.13. The number of furan rings is 1. The molecule has 1 aromatic heterocycles. The van der Waals surface area contributed by atoms with Crippen molar-refractivity contribution >= 4 is 11.0 Å². The van der Waals surface area contributed by atoms with Gasteiger partial charge in [-0.2, -0.15) is 0 Å². The van der Waals surface area contributed by atoms with E-state index in [9.17, 15) is 4.39 Å². The van der Waals surface area contributed by atoms with Crippen LogP contribution in [-0.2, 0) is 4.74 Å².